The molecule has 15 heavy (non-hydrogen) atoms. The lowest BCUT2D eigenvalue weighted by Crippen LogP contribution is -2.14. The lowest BCUT2D eigenvalue weighted by atomic mass is 10.1. The molecule has 0 aromatic carbocycles. The molecule has 0 N–H and O–H groups in total. The number of ether oxygens (including phenoxy) is 1. The van der Waals surface area contributed by atoms with Crippen molar-refractivity contribution in [2.24, 2.45) is 0 Å². The second-order valence-corrected chi connectivity index (χ2v) is 3.73. The lowest BCUT2D eigenvalue weighted by molar-refractivity contribution is -0.145. The van der Waals surface area contributed by atoms with Crippen LogP contribution in [0.4, 0.5) is 0 Å². The summed E-state index contributed by atoms with van der Waals surface area (Å²) in [5.41, 5.74) is 1.73. The summed E-state index contributed by atoms with van der Waals surface area (Å²) >= 11 is 5.70. The number of rotatable bonds is 2. The van der Waals surface area contributed by atoms with Gasteiger partial charge >= 0.3 is 5.97 Å². The third-order valence-corrected chi connectivity index (χ3v) is 2.65. The number of fused-ring (bicyclic) bond motifs is 1. The first-order valence-corrected chi connectivity index (χ1v) is 5.28. The zero-order valence-corrected chi connectivity index (χ0v) is 9.12. The second kappa shape index (κ2) is 4.14. The molecule has 0 spiro atoms. The van der Waals surface area contributed by atoms with Crippen LogP contribution in [0, 0.1) is 0 Å². The number of halogens is 1. The number of carbonyl (C=O) groups excluding carboxylic acids is 1. The molecule has 80 valence electrons. The minimum Gasteiger partial charge on any atom is -0.465 e. The molecule has 1 unspecified atom stereocenters. The summed E-state index contributed by atoms with van der Waals surface area (Å²) < 4.78 is 4.98. The van der Waals surface area contributed by atoms with Crippen molar-refractivity contribution in [1.29, 1.82) is 0 Å². The molecule has 2 rings (SSSR count). The van der Waals surface area contributed by atoms with E-state index in [1.165, 1.54) is 0 Å². The van der Waals surface area contributed by atoms with Gasteiger partial charge in [-0.1, -0.05) is 0 Å². The van der Waals surface area contributed by atoms with E-state index >= 15 is 0 Å². The highest BCUT2D eigenvalue weighted by atomic mass is 35.5. The Labute approximate surface area is 92.6 Å². The number of nitrogens with zero attached hydrogens (tertiary/aromatic N) is 2. The average Bonchev–Trinajstić information content (AvgIpc) is 2.60. The highest BCUT2D eigenvalue weighted by molar-refractivity contribution is 6.28. The maximum Gasteiger partial charge on any atom is 0.315 e. The summed E-state index contributed by atoms with van der Waals surface area (Å²) in [7, 11) is 0. The quantitative estimate of drug-likeness (QED) is 0.569. The first-order valence-electron chi connectivity index (χ1n) is 4.90. The molecule has 1 aliphatic carbocycles. The highest BCUT2D eigenvalue weighted by Crippen LogP contribution is 2.32. The Morgan fingerprint density at radius 1 is 1.73 bits per heavy atom. The number of esters is 1. The molecule has 1 aromatic heterocycles. The van der Waals surface area contributed by atoms with Crippen LogP contribution in [0.15, 0.2) is 6.20 Å². The van der Waals surface area contributed by atoms with E-state index in [9.17, 15) is 4.79 Å². The van der Waals surface area contributed by atoms with Crippen molar-refractivity contribution >= 4 is 17.6 Å². The standard InChI is InChI=1S/C10H11ClN2O2/c1-2-15-9(14)7-4-3-6-5-12-10(11)13-8(6)7/h5,7H,2-4H2,1H3. The molecule has 0 bridgehead atoms. The van der Waals surface area contributed by atoms with Gasteiger partial charge in [-0.25, -0.2) is 9.97 Å². The molecular weight excluding hydrogens is 216 g/mol. The summed E-state index contributed by atoms with van der Waals surface area (Å²) in [6.45, 7) is 2.18. The van der Waals surface area contributed by atoms with E-state index in [0.29, 0.717) is 6.61 Å². The van der Waals surface area contributed by atoms with Crippen LogP contribution in [-0.2, 0) is 16.0 Å². The van der Waals surface area contributed by atoms with E-state index in [4.69, 9.17) is 16.3 Å². The number of hydrogen-bond donors (Lipinski definition) is 0. The highest BCUT2D eigenvalue weighted by Gasteiger charge is 2.31. The van der Waals surface area contributed by atoms with Crippen LogP contribution in [0.3, 0.4) is 0 Å². The van der Waals surface area contributed by atoms with Crippen molar-refractivity contribution in [3.05, 3.63) is 22.7 Å². The summed E-state index contributed by atoms with van der Waals surface area (Å²) in [4.78, 5) is 19.6. The zero-order chi connectivity index (χ0) is 10.8. The van der Waals surface area contributed by atoms with Gasteiger partial charge in [-0.15, -0.1) is 0 Å². The Hall–Kier alpha value is -1.16. The van der Waals surface area contributed by atoms with Gasteiger partial charge < -0.3 is 4.74 Å². The number of aryl methyl sites for hydroxylation is 1. The topological polar surface area (TPSA) is 52.1 Å². The molecule has 0 amide bonds. The van der Waals surface area contributed by atoms with Crippen molar-refractivity contribution in [3.8, 4) is 0 Å². The molecular formula is C10H11ClN2O2. The SMILES string of the molecule is CCOC(=O)C1CCc2cnc(Cl)nc21. The van der Waals surface area contributed by atoms with E-state index in [2.05, 4.69) is 9.97 Å². The van der Waals surface area contributed by atoms with E-state index in [1.54, 1.807) is 13.1 Å². The van der Waals surface area contributed by atoms with Gasteiger partial charge in [0.2, 0.25) is 5.28 Å². The molecule has 0 fully saturated rings. The molecule has 0 saturated carbocycles. The van der Waals surface area contributed by atoms with Crippen LogP contribution >= 0.6 is 11.6 Å². The maximum absolute atomic E-state index is 11.6. The fourth-order valence-corrected chi connectivity index (χ4v) is 1.94. The third-order valence-electron chi connectivity index (χ3n) is 2.47. The summed E-state index contributed by atoms with van der Waals surface area (Å²) in [5, 5.41) is 0.185. The lowest BCUT2D eigenvalue weighted by Gasteiger charge is -2.08. The molecule has 1 heterocycles. The summed E-state index contributed by atoms with van der Waals surface area (Å²) in [5.74, 6) is -0.480. The molecule has 1 atom stereocenters. The fraction of sp³-hybridized carbons (Fsp3) is 0.500. The van der Waals surface area contributed by atoms with E-state index < -0.39 is 0 Å². The van der Waals surface area contributed by atoms with Crippen LogP contribution in [0.5, 0.6) is 0 Å². The van der Waals surface area contributed by atoms with Gasteiger partial charge in [-0.05, 0) is 36.9 Å². The molecule has 4 nitrogen and oxygen atoms in total. The van der Waals surface area contributed by atoms with Gasteiger partial charge in [0.1, 0.15) is 0 Å². The maximum atomic E-state index is 11.6. The van der Waals surface area contributed by atoms with E-state index in [0.717, 1.165) is 24.1 Å². The molecule has 1 aromatic rings. The smallest absolute Gasteiger partial charge is 0.315 e. The predicted octanol–water partition coefficient (Wildman–Crippen LogP) is 1.72. The van der Waals surface area contributed by atoms with E-state index in [-0.39, 0.29) is 17.2 Å². The number of carbonyl (C=O) groups is 1. The van der Waals surface area contributed by atoms with Gasteiger partial charge in [-0.3, -0.25) is 4.79 Å². The van der Waals surface area contributed by atoms with Gasteiger partial charge in [0.15, 0.2) is 0 Å². The molecule has 0 aliphatic heterocycles. The Morgan fingerprint density at radius 2 is 2.53 bits per heavy atom. The van der Waals surface area contributed by atoms with Gasteiger partial charge in [0.25, 0.3) is 0 Å². The van der Waals surface area contributed by atoms with Crippen LogP contribution in [-0.4, -0.2) is 22.5 Å². The van der Waals surface area contributed by atoms with Gasteiger partial charge in [0, 0.05) is 6.20 Å². The minimum absolute atomic E-state index is 0.185. The fourth-order valence-electron chi connectivity index (χ4n) is 1.80. The zero-order valence-electron chi connectivity index (χ0n) is 8.36. The molecule has 1 aliphatic rings. The van der Waals surface area contributed by atoms with Crippen molar-refractivity contribution in [2.75, 3.05) is 6.61 Å². The van der Waals surface area contributed by atoms with Crippen LogP contribution in [0.1, 0.15) is 30.5 Å². The first-order chi connectivity index (χ1) is 7.22. The predicted molar refractivity (Wildman–Crippen MR) is 54.7 cm³/mol. The van der Waals surface area contributed by atoms with Crippen LogP contribution in [0.25, 0.3) is 0 Å². The Kier molecular flexibility index (Phi) is 2.86. The largest absolute Gasteiger partial charge is 0.465 e. The average molecular weight is 227 g/mol. The molecule has 0 saturated heterocycles. The Bertz CT molecular complexity index is 395. The second-order valence-electron chi connectivity index (χ2n) is 3.39. The van der Waals surface area contributed by atoms with Crippen LogP contribution < -0.4 is 0 Å². The van der Waals surface area contributed by atoms with Gasteiger partial charge in [-0.2, -0.15) is 0 Å². The normalized spacial score (nSPS) is 18.7. The first kappa shape index (κ1) is 10.4. The van der Waals surface area contributed by atoms with Crippen molar-refractivity contribution in [1.82, 2.24) is 9.97 Å². The molecule has 0 radical (unpaired) electrons. The summed E-state index contributed by atoms with van der Waals surface area (Å²) in [6.07, 6.45) is 3.24. The van der Waals surface area contributed by atoms with Crippen molar-refractivity contribution < 1.29 is 9.53 Å². The summed E-state index contributed by atoms with van der Waals surface area (Å²) in [6, 6.07) is 0. The van der Waals surface area contributed by atoms with Crippen molar-refractivity contribution in [3.63, 3.8) is 0 Å². The molecule has 5 heteroatoms. The van der Waals surface area contributed by atoms with Crippen LogP contribution in [0.2, 0.25) is 5.28 Å². The number of hydrogen-bond acceptors (Lipinski definition) is 4. The third kappa shape index (κ3) is 1.95. The monoisotopic (exact) mass is 226 g/mol. The van der Waals surface area contributed by atoms with Crippen molar-refractivity contribution in [2.45, 2.75) is 25.7 Å². The number of aromatic nitrogens is 2. The van der Waals surface area contributed by atoms with Gasteiger partial charge in [0.05, 0.1) is 18.2 Å². The Morgan fingerprint density at radius 3 is 3.27 bits per heavy atom. The Balaban J connectivity index is 2.27. The van der Waals surface area contributed by atoms with E-state index in [1.807, 2.05) is 0 Å². The minimum atomic E-state index is -0.263.